The zero-order chi connectivity index (χ0) is 15.9. The van der Waals surface area contributed by atoms with Crippen molar-refractivity contribution in [3.63, 3.8) is 0 Å². The molecule has 0 saturated carbocycles. The molecule has 1 aliphatic rings. The smallest absolute Gasteiger partial charge is 0.220 e. The molecule has 2 atom stereocenters. The van der Waals surface area contributed by atoms with Crippen LogP contribution in [0, 0.1) is 18.8 Å². The van der Waals surface area contributed by atoms with Crippen LogP contribution in [0.4, 0.5) is 0 Å². The number of rotatable bonds is 6. The quantitative estimate of drug-likeness (QED) is 0.847. The van der Waals surface area contributed by atoms with E-state index in [0.717, 1.165) is 19.6 Å². The molecule has 3 nitrogen and oxygen atoms in total. The topological polar surface area (TPSA) is 41.1 Å². The fraction of sp³-hybridized carbons (Fsp3) is 0.632. The molecule has 0 bridgehead atoms. The van der Waals surface area contributed by atoms with Gasteiger partial charge in [-0.1, -0.05) is 43.7 Å². The summed E-state index contributed by atoms with van der Waals surface area (Å²) in [6.45, 7) is 9.40. The van der Waals surface area contributed by atoms with Crippen molar-refractivity contribution in [2.45, 2.75) is 46.0 Å². The zero-order valence-corrected chi connectivity index (χ0v) is 14.2. The number of carbonyl (C=O) groups excluding carboxylic acids is 1. The summed E-state index contributed by atoms with van der Waals surface area (Å²) in [5.74, 6) is 1.74. The highest BCUT2D eigenvalue weighted by Gasteiger charge is 2.22. The molecule has 22 heavy (non-hydrogen) atoms. The van der Waals surface area contributed by atoms with Gasteiger partial charge in [0.2, 0.25) is 5.91 Å². The van der Waals surface area contributed by atoms with E-state index in [-0.39, 0.29) is 5.91 Å². The average molecular weight is 302 g/mol. The van der Waals surface area contributed by atoms with Gasteiger partial charge in [0, 0.05) is 13.0 Å². The van der Waals surface area contributed by atoms with E-state index < -0.39 is 0 Å². The largest absolute Gasteiger partial charge is 0.355 e. The Hall–Kier alpha value is -1.35. The van der Waals surface area contributed by atoms with Crippen LogP contribution in [-0.4, -0.2) is 25.5 Å². The molecule has 1 aromatic rings. The maximum Gasteiger partial charge on any atom is 0.220 e. The van der Waals surface area contributed by atoms with Gasteiger partial charge >= 0.3 is 0 Å². The predicted octanol–water partition coefficient (Wildman–Crippen LogP) is 3.24. The molecule has 1 aliphatic heterocycles. The zero-order valence-electron chi connectivity index (χ0n) is 14.2. The molecule has 1 fully saturated rings. The van der Waals surface area contributed by atoms with Crippen LogP contribution in [0.1, 0.15) is 50.2 Å². The minimum Gasteiger partial charge on any atom is -0.355 e. The monoisotopic (exact) mass is 302 g/mol. The predicted molar refractivity (Wildman–Crippen MR) is 92.0 cm³/mol. The first-order valence-corrected chi connectivity index (χ1v) is 8.60. The Balaban J connectivity index is 1.73. The Labute approximate surface area is 134 Å². The van der Waals surface area contributed by atoms with Crippen molar-refractivity contribution >= 4 is 5.91 Å². The van der Waals surface area contributed by atoms with Crippen LogP contribution < -0.4 is 10.6 Å². The first-order chi connectivity index (χ1) is 10.6. The van der Waals surface area contributed by atoms with Crippen molar-refractivity contribution in [2.24, 2.45) is 11.8 Å². The molecule has 1 aromatic carbocycles. The van der Waals surface area contributed by atoms with Gasteiger partial charge in [0.15, 0.2) is 0 Å². The number of aryl methyl sites for hydroxylation is 1. The summed E-state index contributed by atoms with van der Waals surface area (Å²) in [5.41, 5.74) is 2.56. The average Bonchev–Trinajstić information content (AvgIpc) is 2.54. The summed E-state index contributed by atoms with van der Waals surface area (Å²) in [6.07, 6.45) is 3.06. The molecule has 1 heterocycles. The van der Waals surface area contributed by atoms with Gasteiger partial charge < -0.3 is 10.6 Å². The Bertz CT molecular complexity index is 463. The van der Waals surface area contributed by atoms with Gasteiger partial charge in [0.05, 0.1) is 0 Å². The lowest BCUT2D eigenvalue weighted by atomic mass is 9.84. The summed E-state index contributed by atoms with van der Waals surface area (Å²) in [5, 5.41) is 6.50. The van der Waals surface area contributed by atoms with Crippen LogP contribution in [0.15, 0.2) is 24.3 Å². The highest BCUT2D eigenvalue weighted by atomic mass is 16.1. The Morgan fingerprint density at radius 2 is 1.86 bits per heavy atom. The highest BCUT2D eigenvalue weighted by molar-refractivity contribution is 5.76. The Kier molecular flexibility index (Phi) is 6.44. The molecule has 2 N–H and O–H groups in total. The van der Waals surface area contributed by atoms with Crippen molar-refractivity contribution in [2.75, 3.05) is 19.6 Å². The minimum atomic E-state index is 0.199. The van der Waals surface area contributed by atoms with E-state index in [2.05, 4.69) is 55.7 Å². The van der Waals surface area contributed by atoms with Crippen molar-refractivity contribution in [1.29, 1.82) is 0 Å². The molecule has 122 valence electrons. The molecule has 0 aliphatic carbocycles. The van der Waals surface area contributed by atoms with Gasteiger partial charge in [-0.2, -0.15) is 0 Å². The Morgan fingerprint density at radius 3 is 2.50 bits per heavy atom. The highest BCUT2D eigenvalue weighted by Crippen LogP contribution is 2.24. The van der Waals surface area contributed by atoms with Crippen LogP contribution in [0.5, 0.6) is 0 Å². The first-order valence-electron chi connectivity index (χ1n) is 8.60. The van der Waals surface area contributed by atoms with Crippen molar-refractivity contribution in [1.82, 2.24) is 10.6 Å². The number of hydrogen-bond acceptors (Lipinski definition) is 2. The molecule has 0 radical (unpaired) electrons. The van der Waals surface area contributed by atoms with E-state index in [1.807, 2.05) is 0 Å². The molecular weight excluding hydrogens is 272 g/mol. The lowest BCUT2D eigenvalue weighted by molar-refractivity contribution is -0.122. The van der Waals surface area contributed by atoms with Crippen LogP contribution in [-0.2, 0) is 4.79 Å². The van der Waals surface area contributed by atoms with Crippen molar-refractivity contribution in [3.8, 4) is 0 Å². The number of hydrogen-bond donors (Lipinski definition) is 2. The number of nitrogens with one attached hydrogen (secondary N) is 2. The lowest BCUT2D eigenvalue weighted by Crippen LogP contribution is -2.34. The normalized spacial score (nSPS) is 18.7. The second-order valence-electron chi connectivity index (χ2n) is 6.88. The molecule has 0 spiro atoms. The number of benzene rings is 1. The summed E-state index contributed by atoms with van der Waals surface area (Å²) in [7, 11) is 0. The van der Waals surface area contributed by atoms with Crippen LogP contribution in [0.3, 0.4) is 0 Å². The van der Waals surface area contributed by atoms with Crippen molar-refractivity contribution in [3.05, 3.63) is 35.4 Å². The summed E-state index contributed by atoms with van der Waals surface area (Å²) >= 11 is 0. The molecule has 0 aromatic heterocycles. The molecule has 1 amide bonds. The number of amides is 1. The van der Waals surface area contributed by atoms with Crippen LogP contribution >= 0.6 is 0 Å². The molecule has 3 heteroatoms. The van der Waals surface area contributed by atoms with Gasteiger partial charge in [-0.3, -0.25) is 4.79 Å². The van der Waals surface area contributed by atoms with E-state index in [4.69, 9.17) is 0 Å². The fourth-order valence-corrected chi connectivity index (χ4v) is 3.22. The van der Waals surface area contributed by atoms with E-state index in [9.17, 15) is 4.79 Å². The van der Waals surface area contributed by atoms with Gasteiger partial charge in [-0.15, -0.1) is 0 Å². The minimum absolute atomic E-state index is 0.199. The first kappa shape index (κ1) is 17.0. The standard InChI is InChI=1S/C19H30N2O/c1-14-4-6-17(7-5-14)16(3)13-21-19(22)12-15(2)18-8-10-20-11-9-18/h4-7,15-16,18,20H,8-13H2,1-3H3,(H,21,22). The maximum absolute atomic E-state index is 12.2. The fourth-order valence-electron chi connectivity index (χ4n) is 3.22. The maximum atomic E-state index is 12.2. The van der Waals surface area contributed by atoms with E-state index >= 15 is 0 Å². The van der Waals surface area contributed by atoms with E-state index in [1.165, 1.54) is 24.0 Å². The Morgan fingerprint density at radius 1 is 1.23 bits per heavy atom. The summed E-state index contributed by atoms with van der Waals surface area (Å²) in [6, 6.07) is 8.58. The van der Waals surface area contributed by atoms with Crippen molar-refractivity contribution < 1.29 is 4.79 Å². The summed E-state index contributed by atoms with van der Waals surface area (Å²) in [4.78, 5) is 12.2. The van der Waals surface area contributed by atoms with E-state index in [1.54, 1.807) is 0 Å². The second kappa shape index (κ2) is 8.33. The van der Waals surface area contributed by atoms with Gasteiger partial charge in [-0.05, 0) is 56.2 Å². The SMILES string of the molecule is Cc1ccc(C(C)CNC(=O)CC(C)C2CCNCC2)cc1. The van der Waals surface area contributed by atoms with E-state index in [0.29, 0.717) is 24.2 Å². The summed E-state index contributed by atoms with van der Waals surface area (Å²) < 4.78 is 0. The number of piperidine rings is 1. The van der Waals surface area contributed by atoms with Gasteiger partial charge in [0.25, 0.3) is 0 Å². The van der Waals surface area contributed by atoms with Crippen LogP contribution in [0.25, 0.3) is 0 Å². The lowest BCUT2D eigenvalue weighted by Gasteiger charge is -2.28. The molecule has 2 unspecified atom stereocenters. The molecule has 1 saturated heterocycles. The molecule has 2 rings (SSSR count). The van der Waals surface area contributed by atoms with Crippen LogP contribution in [0.2, 0.25) is 0 Å². The van der Waals surface area contributed by atoms with Gasteiger partial charge in [-0.25, -0.2) is 0 Å². The third kappa shape index (κ3) is 5.13. The van der Waals surface area contributed by atoms with Gasteiger partial charge in [0.1, 0.15) is 0 Å². The molecular formula is C19H30N2O. The number of carbonyl (C=O) groups is 1. The third-order valence-corrected chi connectivity index (χ3v) is 4.95. The second-order valence-corrected chi connectivity index (χ2v) is 6.88. The third-order valence-electron chi connectivity index (χ3n) is 4.95.